The summed E-state index contributed by atoms with van der Waals surface area (Å²) in [6.45, 7) is 0. The van der Waals surface area contributed by atoms with Gasteiger partial charge in [0.15, 0.2) is 0 Å². The maximum atomic E-state index is 13.5. The van der Waals surface area contributed by atoms with E-state index in [1.807, 2.05) is 0 Å². The molecule has 1 saturated heterocycles. The van der Waals surface area contributed by atoms with Crippen LogP contribution in [0.1, 0.15) is 17.2 Å². The fourth-order valence-corrected chi connectivity index (χ4v) is 4.01. The van der Waals surface area contributed by atoms with Crippen molar-refractivity contribution in [3.63, 3.8) is 0 Å². The fourth-order valence-electron chi connectivity index (χ4n) is 3.88. The van der Waals surface area contributed by atoms with Gasteiger partial charge in [-0.2, -0.15) is 0 Å². The molecular weight excluding hydrogens is 449 g/mol. The summed E-state index contributed by atoms with van der Waals surface area (Å²) >= 11 is 6.04. The van der Waals surface area contributed by atoms with E-state index in [0.717, 1.165) is 0 Å². The molecule has 0 aliphatic carbocycles. The van der Waals surface area contributed by atoms with Crippen molar-refractivity contribution >= 4 is 34.7 Å². The Morgan fingerprint density at radius 2 is 1.52 bits per heavy atom. The smallest absolute Gasteiger partial charge is 0.300 e. The highest BCUT2D eigenvalue weighted by Crippen LogP contribution is 2.45. The number of aliphatic hydroxyl groups is 1. The zero-order valence-electron chi connectivity index (χ0n) is 17.7. The number of hydrogen-bond donors (Lipinski definition) is 1. The molecular formula is C25H19ClFNO5. The first-order valence-corrected chi connectivity index (χ1v) is 10.3. The Kier molecular flexibility index (Phi) is 6.07. The molecule has 1 N–H and O–H groups in total. The second-order valence-corrected chi connectivity index (χ2v) is 7.67. The van der Waals surface area contributed by atoms with Gasteiger partial charge >= 0.3 is 0 Å². The van der Waals surface area contributed by atoms with Gasteiger partial charge in [-0.25, -0.2) is 4.39 Å². The van der Waals surface area contributed by atoms with Crippen molar-refractivity contribution in [2.75, 3.05) is 19.1 Å². The minimum atomic E-state index is -0.998. The standard InChI is InChI=1S/C25H19ClFNO5/c1-32-18-4-3-5-19(33-2)20(18)23(29)21-22(14-6-8-15(26)9-7-14)28(25(31)24(21)30)17-12-10-16(27)11-13-17/h3-13,22,29H,1-2H3/b23-21+. The van der Waals surface area contributed by atoms with Crippen molar-refractivity contribution in [3.05, 3.63) is 94.3 Å². The third-order valence-corrected chi connectivity index (χ3v) is 5.65. The first-order valence-electron chi connectivity index (χ1n) is 9.90. The van der Waals surface area contributed by atoms with Crippen molar-refractivity contribution in [1.82, 2.24) is 0 Å². The SMILES string of the molecule is COc1cccc(OC)c1/C(O)=C1\C(=O)C(=O)N(c2ccc(F)cc2)C1c1ccc(Cl)cc1. The molecule has 1 aliphatic rings. The van der Waals surface area contributed by atoms with Gasteiger partial charge in [0.05, 0.1) is 25.8 Å². The van der Waals surface area contributed by atoms with Gasteiger partial charge in [-0.05, 0) is 54.1 Å². The lowest BCUT2D eigenvalue weighted by atomic mass is 9.94. The van der Waals surface area contributed by atoms with E-state index in [1.54, 1.807) is 42.5 Å². The van der Waals surface area contributed by atoms with Crippen LogP contribution in [-0.4, -0.2) is 31.0 Å². The summed E-state index contributed by atoms with van der Waals surface area (Å²) in [5, 5.41) is 11.8. The summed E-state index contributed by atoms with van der Waals surface area (Å²) in [5.41, 5.74) is 0.802. The maximum Gasteiger partial charge on any atom is 0.300 e. The number of rotatable bonds is 5. The number of aliphatic hydroxyl groups excluding tert-OH is 1. The van der Waals surface area contributed by atoms with Gasteiger partial charge in [0, 0.05) is 10.7 Å². The molecule has 1 aliphatic heterocycles. The predicted molar refractivity (Wildman–Crippen MR) is 122 cm³/mol. The number of ether oxygens (including phenoxy) is 2. The monoisotopic (exact) mass is 467 g/mol. The van der Waals surface area contributed by atoms with E-state index < -0.39 is 29.3 Å². The van der Waals surface area contributed by atoms with E-state index in [2.05, 4.69) is 0 Å². The Bertz CT molecular complexity index is 1230. The largest absolute Gasteiger partial charge is 0.506 e. The van der Waals surface area contributed by atoms with E-state index in [1.165, 1.54) is 43.4 Å². The first kappa shape index (κ1) is 22.4. The Hall–Kier alpha value is -3.84. The zero-order valence-corrected chi connectivity index (χ0v) is 18.5. The van der Waals surface area contributed by atoms with Crippen LogP contribution in [0.5, 0.6) is 11.5 Å². The number of methoxy groups -OCH3 is 2. The third kappa shape index (κ3) is 3.91. The number of Topliss-reactive ketones (excluding diaryl/α,β-unsaturated/α-hetero) is 1. The third-order valence-electron chi connectivity index (χ3n) is 5.40. The number of carbonyl (C=O) groups excluding carboxylic acids is 2. The van der Waals surface area contributed by atoms with Crippen molar-refractivity contribution in [2.24, 2.45) is 0 Å². The summed E-state index contributed by atoms with van der Waals surface area (Å²) < 4.78 is 24.3. The van der Waals surface area contributed by atoms with Crippen molar-refractivity contribution in [1.29, 1.82) is 0 Å². The fraction of sp³-hybridized carbons (Fsp3) is 0.120. The van der Waals surface area contributed by atoms with E-state index in [-0.39, 0.29) is 22.6 Å². The molecule has 1 atom stereocenters. The maximum absolute atomic E-state index is 13.5. The molecule has 4 rings (SSSR count). The van der Waals surface area contributed by atoms with Crippen LogP contribution >= 0.6 is 11.6 Å². The molecule has 33 heavy (non-hydrogen) atoms. The number of benzene rings is 3. The van der Waals surface area contributed by atoms with Gasteiger partial charge in [0.2, 0.25) is 0 Å². The second-order valence-electron chi connectivity index (χ2n) is 7.23. The summed E-state index contributed by atoms with van der Waals surface area (Å²) in [7, 11) is 2.83. The molecule has 168 valence electrons. The first-order chi connectivity index (χ1) is 15.9. The number of halogens is 2. The molecule has 8 heteroatoms. The van der Waals surface area contributed by atoms with Crippen LogP contribution in [0, 0.1) is 5.82 Å². The van der Waals surface area contributed by atoms with E-state index in [0.29, 0.717) is 16.3 Å². The Morgan fingerprint density at radius 1 is 0.939 bits per heavy atom. The number of nitrogens with zero attached hydrogens (tertiary/aromatic N) is 1. The molecule has 1 amide bonds. The highest BCUT2D eigenvalue weighted by molar-refractivity contribution is 6.51. The highest BCUT2D eigenvalue weighted by Gasteiger charge is 2.47. The highest BCUT2D eigenvalue weighted by atomic mass is 35.5. The number of anilines is 1. The van der Waals surface area contributed by atoms with Crippen LogP contribution in [-0.2, 0) is 9.59 Å². The Morgan fingerprint density at radius 3 is 2.06 bits per heavy atom. The molecule has 0 spiro atoms. The summed E-state index contributed by atoms with van der Waals surface area (Å²) in [6.07, 6.45) is 0. The van der Waals surface area contributed by atoms with Crippen LogP contribution in [0.25, 0.3) is 5.76 Å². The molecule has 1 heterocycles. The van der Waals surface area contributed by atoms with Crippen molar-refractivity contribution in [3.8, 4) is 11.5 Å². The van der Waals surface area contributed by atoms with Crippen LogP contribution in [0.2, 0.25) is 5.02 Å². The van der Waals surface area contributed by atoms with Gasteiger partial charge in [0.25, 0.3) is 11.7 Å². The molecule has 0 bridgehead atoms. The molecule has 3 aromatic rings. The minimum Gasteiger partial charge on any atom is -0.506 e. The molecule has 1 fully saturated rings. The van der Waals surface area contributed by atoms with Crippen LogP contribution in [0.3, 0.4) is 0 Å². The number of ketones is 1. The second kappa shape index (κ2) is 8.96. The molecule has 3 aromatic carbocycles. The topological polar surface area (TPSA) is 76.1 Å². The lowest BCUT2D eigenvalue weighted by molar-refractivity contribution is -0.132. The Labute approximate surface area is 194 Å². The van der Waals surface area contributed by atoms with E-state index in [9.17, 15) is 19.1 Å². The Balaban J connectivity index is 2.00. The van der Waals surface area contributed by atoms with Gasteiger partial charge in [0.1, 0.15) is 28.6 Å². The van der Waals surface area contributed by atoms with E-state index in [4.69, 9.17) is 21.1 Å². The number of hydrogen-bond acceptors (Lipinski definition) is 5. The van der Waals surface area contributed by atoms with Gasteiger partial charge < -0.3 is 14.6 Å². The molecule has 6 nitrogen and oxygen atoms in total. The van der Waals surface area contributed by atoms with Crippen molar-refractivity contribution < 1.29 is 28.6 Å². The average molecular weight is 468 g/mol. The van der Waals surface area contributed by atoms with Gasteiger partial charge in [-0.15, -0.1) is 0 Å². The van der Waals surface area contributed by atoms with Gasteiger partial charge in [-0.1, -0.05) is 29.8 Å². The summed E-state index contributed by atoms with van der Waals surface area (Å²) in [5.74, 6) is -2.18. The quantitative estimate of drug-likeness (QED) is 0.320. The van der Waals surface area contributed by atoms with Gasteiger partial charge in [-0.3, -0.25) is 14.5 Å². The minimum absolute atomic E-state index is 0.138. The van der Waals surface area contributed by atoms with Crippen LogP contribution < -0.4 is 14.4 Å². The number of amides is 1. The molecule has 1 unspecified atom stereocenters. The normalized spacial score (nSPS) is 17.3. The molecule has 0 saturated carbocycles. The van der Waals surface area contributed by atoms with E-state index >= 15 is 0 Å². The summed E-state index contributed by atoms with van der Waals surface area (Å²) in [6, 6.07) is 15.6. The summed E-state index contributed by atoms with van der Waals surface area (Å²) in [4.78, 5) is 27.6. The van der Waals surface area contributed by atoms with Crippen molar-refractivity contribution in [2.45, 2.75) is 6.04 Å². The van der Waals surface area contributed by atoms with Crippen LogP contribution in [0.15, 0.2) is 72.3 Å². The molecule has 0 aromatic heterocycles. The van der Waals surface area contributed by atoms with Crippen LogP contribution in [0.4, 0.5) is 10.1 Å². The lowest BCUT2D eigenvalue weighted by Gasteiger charge is -2.25. The zero-order chi connectivity index (χ0) is 23.7. The lowest BCUT2D eigenvalue weighted by Crippen LogP contribution is -2.29. The number of carbonyl (C=O) groups is 2. The average Bonchev–Trinajstić information content (AvgIpc) is 3.09. The predicted octanol–water partition coefficient (Wildman–Crippen LogP) is 5.12. The molecule has 0 radical (unpaired) electrons.